The van der Waals surface area contributed by atoms with Crippen LogP contribution >= 0.6 is 0 Å². The van der Waals surface area contributed by atoms with E-state index in [4.69, 9.17) is 0 Å². The summed E-state index contributed by atoms with van der Waals surface area (Å²) >= 11 is 0. The Morgan fingerprint density at radius 3 is 2.44 bits per heavy atom. The molecule has 1 aromatic carbocycles. The van der Waals surface area contributed by atoms with Crippen LogP contribution in [0.4, 0.5) is 5.82 Å². The van der Waals surface area contributed by atoms with E-state index in [0.29, 0.717) is 17.7 Å². The first-order chi connectivity index (χ1) is 17.4. The normalized spacial score (nSPS) is 31.4. The smallest absolute Gasteiger partial charge is 0.228 e. The van der Waals surface area contributed by atoms with Gasteiger partial charge in [-0.2, -0.15) is 5.10 Å². The van der Waals surface area contributed by atoms with E-state index in [2.05, 4.69) is 56.9 Å². The molecule has 1 saturated heterocycles. The highest BCUT2D eigenvalue weighted by Crippen LogP contribution is 2.66. The molecular weight excluding hydrogens is 448 g/mol. The Morgan fingerprint density at radius 2 is 1.72 bits per heavy atom. The Kier molecular flexibility index (Phi) is 4.80. The first-order valence-corrected chi connectivity index (χ1v) is 13.6. The van der Waals surface area contributed by atoms with Crippen LogP contribution in [0.5, 0.6) is 0 Å². The molecule has 4 bridgehead atoms. The summed E-state index contributed by atoms with van der Waals surface area (Å²) in [6.45, 7) is 7.56. The van der Waals surface area contributed by atoms with Crippen molar-refractivity contribution >= 4 is 22.8 Å². The summed E-state index contributed by atoms with van der Waals surface area (Å²) in [5.74, 6) is 2.75. The third kappa shape index (κ3) is 3.24. The van der Waals surface area contributed by atoms with E-state index < -0.39 is 0 Å². The first kappa shape index (κ1) is 22.3. The van der Waals surface area contributed by atoms with E-state index in [1.54, 1.807) is 11.0 Å². The molecule has 0 radical (unpaired) electrons. The molecule has 188 valence electrons. The van der Waals surface area contributed by atoms with Gasteiger partial charge in [-0.3, -0.25) is 9.48 Å². The second-order valence-electron chi connectivity index (χ2n) is 12.3. The number of anilines is 1. The fraction of sp³-hybridized carbons (Fsp3) is 0.586. The predicted octanol–water partition coefficient (Wildman–Crippen LogP) is 4.17. The molecule has 7 nitrogen and oxygen atoms in total. The molecule has 36 heavy (non-hydrogen) atoms. The quantitative estimate of drug-likeness (QED) is 0.558. The van der Waals surface area contributed by atoms with Crippen LogP contribution in [0, 0.1) is 31.1 Å². The molecule has 4 aliphatic carbocycles. The fourth-order valence-corrected chi connectivity index (χ4v) is 8.58. The average Bonchev–Trinajstić information content (AvgIpc) is 3.25. The van der Waals surface area contributed by atoms with Crippen LogP contribution in [0.15, 0.2) is 30.7 Å². The van der Waals surface area contributed by atoms with Crippen LogP contribution in [0.2, 0.25) is 0 Å². The molecule has 0 N–H and O–H groups in total. The van der Waals surface area contributed by atoms with Crippen LogP contribution in [0.3, 0.4) is 0 Å². The zero-order valence-corrected chi connectivity index (χ0v) is 21.7. The van der Waals surface area contributed by atoms with Crippen LogP contribution in [-0.4, -0.2) is 56.7 Å². The lowest BCUT2D eigenvalue weighted by atomic mass is 9.42. The van der Waals surface area contributed by atoms with Crippen molar-refractivity contribution in [3.05, 3.63) is 47.4 Å². The minimum Gasteiger partial charge on any atom is -0.352 e. The lowest BCUT2D eigenvalue weighted by Gasteiger charge is -2.62. The zero-order chi connectivity index (χ0) is 24.7. The van der Waals surface area contributed by atoms with Crippen molar-refractivity contribution in [2.75, 3.05) is 31.1 Å². The third-order valence-corrected chi connectivity index (χ3v) is 10.0. The standard InChI is InChI=1S/C29H36N6O/c1-19-4-5-23(10-20(19)2)28-12-21-11-22(13-28)15-29(14-21,17-28)27(36)35-8-6-34(7-9-35)26-24-16-32-33(3)25(24)30-18-31-26/h4-5,10,16,18,21-22H,6-9,11-15,17H2,1-3H3. The van der Waals surface area contributed by atoms with Crippen molar-refractivity contribution in [1.29, 1.82) is 0 Å². The van der Waals surface area contributed by atoms with Gasteiger partial charge < -0.3 is 9.80 Å². The van der Waals surface area contributed by atoms with Gasteiger partial charge in [-0.25, -0.2) is 9.97 Å². The maximum atomic E-state index is 14.3. The molecule has 4 saturated carbocycles. The minimum atomic E-state index is -0.170. The van der Waals surface area contributed by atoms with Crippen molar-refractivity contribution in [2.45, 2.75) is 57.8 Å². The van der Waals surface area contributed by atoms with Gasteiger partial charge in [-0.05, 0) is 86.3 Å². The van der Waals surface area contributed by atoms with Gasteiger partial charge in [-0.1, -0.05) is 18.2 Å². The summed E-state index contributed by atoms with van der Waals surface area (Å²) in [5, 5.41) is 5.35. The summed E-state index contributed by atoms with van der Waals surface area (Å²) in [6, 6.07) is 7.09. The monoisotopic (exact) mass is 484 g/mol. The number of hydrogen-bond acceptors (Lipinski definition) is 5. The van der Waals surface area contributed by atoms with E-state index in [9.17, 15) is 4.79 Å². The number of carbonyl (C=O) groups excluding carboxylic acids is 1. The maximum absolute atomic E-state index is 14.3. The molecule has 8 rings (SSSR count). The molecule has 2 atom stereocenters. The highest BCUT2D eigenvalue weighted by molar-refractivity contribution is 5.87. The van der Waals surface area contributed by atoms with E-state index in [-0.39, 0.29) is 10.8 Å². The molecule has 3 aromatic rings. The van der Waals surface area contributed by atoms with Crippen molar-refractivity contribution in [3.8, 4) is 0 Å². The number of aromatic nitrogens is 4. The van der Waals surface area contributed by atoms with Gasteiger partial charge in [0.1, 0.15) is 12.1 Å². The van der Waals surface area contributed by atoms with E-state index >= 15 is 0 Å². The van der Waals surface area contributed by atoms with Crippen LogP contribution < -0.4 is 4.90 Å². The van der Waals surface area contributed by atoms with Gasteiger partial charge in [0.15, 0.2) is 5.65 Å². The second-order valence-corrected chi connectivity index (χ2v) is 12.3. The summed E-state index contributed by atoms with van der Waals surface area (Å²) < 4.78 is 1.79. The number of aryl methyl sites for hydroxylation is 3. The lowest BCUT2D eigenvalue weighted by molar-refractivity contribution is -0.160. The highest BCUT2D eigenvalue weighted by Gasteiger charge is 2.61. The van der Waals surface area contributed by atoms with Crippen molar-refractivity contribution < 1.29 is 4.79 Å². The molecule has 1 amide bonds. The van der Waals surface area contributed by atoms with Crippen LogP contribution in [-0.2, 0) is 17.3 Å². The summed E-state index contributed by atoms with van der Waals surface area (Å²) in [4.78, 5) is 27.7. The second kappa shape index (κ2) is 7.77. The van der Waals surface area contributed by atoms with Crippen LogP contribution in [0.25, 0.3) is 11.0 Å². The molecule has 2 unspecified atom stereocenters. The van der Waals surface area contributed by atoms with Gasteiger partial charge in [0.2, 0.25) is 5.91 Å². The summed E-state index contributed by atoms with van der Waals surface area (Å²) in [7, 11) is 1.91. The number of rotatable bonds is 3. The maximum Gasteiger partial charge on any atom is 0.228 e. The van der Waals surface area contributed by atoms with Gasteiger partial charge >= 0.3 is 0 Å². The Labute approximate surface area is 212 Å². The third-order valence-electron chi connectivity index (χ3n) is 10.0. The molecule has 2 aromatic heterocycles. The largest absolute Gasteiger partial charge is 0.352 e. The Hall–Kier alpha value is -2.96. The number of piperazine rings is 1. The Balaban J connectivity index is 1.13. The van der Waals surface area contributed by atoms with Crippen molar-refractivity contribution in [1.82, 2.24) is 24.6 Å². The first-order valence-electron chi connectivity index (χ1n) is 13.6. The Morgan fingerprint density at radius 1 is 0.972 bits per heavy atom. The van der Waals surface area contributed by atoms with Gasteiger partial charge in [0.25, 0.3) is 0 Å². The average molecular weight is 485 g/mol. The topological polar surface area (TPSA) is 67.2 Å². The number of amides is 1. The number of fused-ring (bicyclic) bond motifs is 1. The molecular formula is C29H36N6O. The Bertz CT molecular complexity index is 1340. The molecule has 1 aliphatic heterocycles. The molecule has 5 fully saturated rings. The molecule has 0 spiro atoms. The van der Waals surface area contributed by atoms with Gasteiger partial charge in [-0.15, -0.1) is 0 Å². The molecule has 7 heteroatoms. The summed E-state index contributed by atoms with van der Waals surface area (Å²) in [5.41, 5.74) is 5.10. The van der Waals surface area contributed by atoms with E-state index in [1.807, 2.05) is 13.2 Å². The summed E-state index contributed by atoms with van der Waals surface area (Å²) in [6.07, 6.45) is 10.6. The number of benzene rings is 1. The fourth-order valence-electron chi connectivity index (χ4n) is 8.58. The predicted molar refractivity (Wildman–Crippen MR) is 140 cm³/mol. The van der Waals surface area contributed by atoms with E-state index in [1.165, 1.54) is 36.0 Å². The van der Waals surface area contributed by atoms with Crippen molar-refractivity contribution in [2.24, 2.45) is 24.3 Å². The van der Waals surface area contributed by atoms with Crippen molar-refractivity contribution in [3.63, 3.8) is 0 Å². The highest BCUT2D eigenvalue weighted by atomic mass is 16.2. The molecule has 5 aliphatic rings. The SMILES string of the molecule is Cc1ccc(C23CC4CC(CC(C(=O)N5CCN(c6ncnc7c6cnn7C)CC5)(C4)C2)C3)cc1C. The zero-order valence-electron chi connectivity index (χ0n) is 21.7. The lowest BCUT2D eigenvalue weighted by Crippen LogP contribution is -2.61. The molecule has 3 heterocycles. The number of nitrogens with zero attached hydrogens (tertiary/aromatic N) is 6. The number of hydrogen-bond donors (Lipinski definition) is 0. The van der Waals surface area contributed by atoms with Gasteiger partial charge in [0.05, 0.1) is 17.0 Å². The minimum absolute atomic E-state index is 0.170. The number of carbonyl (C=O) groups is 1. The van der Waals surface area contributed by atoms with Gasteiger partial charge in [0, 0.05) is 33.2 Å². The van der Waals surface area contributed by atoms with Crippen LogP contribution in [0.1, 0.15) is 55.2 Å². The van der Waals surface area contributed by atoms with E-state index in [0.717, 1.165) is 62.3 Å².